The Morgan fingerprint density at radius 3 is 2.76 bits per heavy atom. The maximum atomic E-state index is 13.7. The number of hydrogen-bond donors (Lipinski definition) is 1. The van der Waals surface area contributed by atoms with Gasteiger partial charge in [-0.3, -0.25) is 0 Å². The highest BCUT2D eigenvalue weighted by molar-refractivity contribution is 5.25. The fourth-order valence-corrected chi connectivity index (χ4v) is 3.29. The van der Waals surface area contributed by atoms with Crippen LogP contribution in [0.2, 0.25) is 0 Å². The van der Waals surface area contributed by atoms with E-state index < -0.39 is 0 Å². The Hall–Kier alpha value is -0.930. The average Bonchev–Trinajstić information content (AvgIpc) is 2.46. The standard InChI is InChI=1S/C18H29FN2/c1-13-5-7-15(3)21(12-13)10-9-18(20-4)16-8-6-14(2)17(19)11-16/h6,8,11,13,15,18,20H,5,7,9-10,12H2,1-4H3. The van der Waals surface area contributed by atoms with E-state index in [1.54, 1.807) is 6.07 Å². The van der Waals surface area contributed by atoms with Crippen molar-refractivity contribution in [3.8, 4) is 0 Å². The monoisotopic (exact) mass is 292 g/mol. The van der Waals surface area contributed by atoms with Gasteiger partial charge in [-0.15, -0.1) is 0 Å². The Kier molecular flexibility index (Phi) is 5.77. The van der Waals surface area contributed by atoms with Gasteiger partial charge >= 0.3 is 0 Å². The van der Waals surface area contributed by atoms with Gasteiger partial charge in [0.05, 0.1) is 0 Å². The molecule has 0 spiro atoms. The molecular formula is C18H29FN2. The molecule has 3 unspecified atom stereocenters. The number of aryl methyl sites for hydroxylation is 1. The second kappa shape index (κ2) is 7.37. The van der Waals surface area contributed by atoms with Crippen LogP contribution in [0.25, 0.3) is 0 Å². The molecule has 1 N–H and O–H groups in total. The molecular weight excluding hydrogens is 263 g/mol. The molecule has 118 valence electrons. The zero-order valence-electron chi connectivity index (χ0n) is 13.8. The third kappa shape index (κ3) is 4.27. The Morgan fingerprint density at radius 1 is 1.33 bits per heavy atom. The smallest absolute Gasteiger partial charge is 0.126 e. The Balaban J connectivity index is 1.97. The van der Waals surface area contributed by atoms with Crippen molar-refractivity contribution in [2.45, 2.75) is 52.1 Å². The van der Waals surface area contributed by atoms with Gasteiger partial charge in [-0.1, -0.05) is 19.1 Å². The number of likely N-dealkylation sites (tertiary alicyclic amines) is 1. The van der Waals surface area contributed by atoms with E-state index in [4.69, 9.17) is 0 Å². The van der Waals surface area contributed by atoms with Crippen LogP contribution in [0, 0.1) is 18.7 Å². The first-order valence-electron chi connectivity index (χ1n) is 8.18. The molecule has 3 atom stereocenters. The topological polar surface area (TPSA) is 15.3 Å². The minimum Gasteiger partial charge on any atom is -0.313 e. The van der Waals surface area contributed by atoms with E-state index in [0.29, 0.717) is 11.6 Å². The Bertz CT molecular complexity index is 461. The molecule has 0 radical (unpaired) electrons. The predicted molar refractivity (Wildman–Crippen MR) is 87.0 cm³/mol. The first kappa shape index (κ1) is 16.4. The number of halogens is 1. The van der Waals surface area contributed by atoms with E-state index in [1.165, 1.54) is 19.4 Å². The van der Waals surface area contributed by atoms with Gasteiger partial charge in [0.1, 0.15) is 5.82 Å². The predicted octanol–water partition coefficient (Wildman–Crippen LogP) is 3.91. The van der Waals surface area contributed by atoms with Crippen LogP contribution in [0.4, 0.5) is 4.39 Å². The molecule has 1 aliphatic heterocycles. The summed E-state index contributed by atoms with van der Waals surface area (Å²) in [7, 11) is 1.96. The molecule has 1 aromatic rings. The van der Waals surface area contributed by atoms with Crippen LogP contribution in [-0.4, -0.2) is 31.1 Å². The maximum Gasteiger partial charge on any atom is 0.126 e. The number of rotatable bonds is 5. The molecule has 3 heteroatoms. The molecule has 0 bridgehead atoms. The zero-order chi connectivity index (χ0) is 15.4. The van der Waals surface area contributed by atoms with E-state index in [2.05, 4.69) is 24.1 Å². The maximum absolute atomic E-state index is 13.7. The molecule has 2 rings (SSSR count). The highest BCUT2D eigenvalue weighted by Gasteiger charge is 2.23. The lowest BCUT2D eigenvalue weighted by atomic mass is 9.94. The summed E-state index contributed by atoms with van der Waals surface area (Å²) in [4.78, 5) is 2.59. The van der Waals surface area contributed by atoms with Gasteiger partial charge in [-0.05, 0) is 63.3 Å². The molecule has 1 fully saturated rings. The van der Waals surface area contributed by atoms with Crippen molar-refractivity contribution < 1.29 is 4.39 Å². The summed E-state index contributed by atoms with van der Waals surface area (Å²) in [6.45, 7) is 8.74. The summed E-state index contributed by atoms with van der Waals surface area (Å²) < 4.78 is 13.7. The molecule has 0 aliphatic carbocycles. The number of piperidine rings is 1. The minimum atomic E-state index is -0.104. The second-order valence-corrected chi connectivity index (χ2v) is 6.67. The number of nitrogens with zero attached hydrogens (tertiary/aromatic N) is 1. The van der Waals surface area contributed by atoms with Crippen molar-refractivity contribution >= 4 is 0 Å². The largest absolute Gasteiger partial charge is 0.313 e. The van der Waals surface area contributed by atoms with Crippen LogP contribution < -0.4 is 5.32 Å². The number of nitrogens with one attached hydrogen (secondary N) is 1. The fraction of sp³-hybridized carbons (Fsp3) is 0.667. The lowest BCUT2D eigenvalue weighted by molar-refractivity contribution is 0.119. The summed E-state index contributed by atoms with van der Waals surface area (Å²) in [5.41, 5.74) is 1.77. The molecule has 21 heavy (non-hydrogen) atoms. The van der Waals surface area contributed by atoms with Crippen molar-refractivity contribution in [1.29, 1.82) is 0 Å². The van der Waals surface area contributed by atoms with Crippen LogP contribution in [0.15, 0.2) is 18.2 Å². The number of hydrogen-bond acceptors (Lipinski definition) is 2. The van der Waals surface area contributed by atoms with Gasteiger partial charge in [0.15, 0.2) is 0 Å². The van der Waals surface area contributed by atoms with Gasteiger partial charge in [0, 0.05) is 25.2 Å². The van der Waals surface area contributed by atoms with Crippen LogP contribution in [-0.2, 0) is 0 Å². The summed E-state index contributed by atoms with van der Waals surface area (Å²) in [6.07, 6.45) is 3.66. The summed E-state index contributed by atoms with van der Waals surface area (Å²) >= 11 is 0. The van der Waals surface area contributed by atoms with E-state index in [0.717, 1.165) is 24.4 Å². The van der Waals surface area contributed by atoms with Crippen molar-refractivity contribution in [3.05, 3.63) is 35.1 Å². The van der Waals surface area contributed by atoms with Gasteiger partial charge in [-0.2, -0.15) is 0 Å². The average molecular weight is 292 g/mol. The van der Waals surface area contributed by atoms with Gasteiger partial charge in [0.2, 0.25) is 0 Å². The van der Waals surface area contributed by atoms with Crippen molar-refractivity contribution in [3.63, 3.8) is 0 Å². The molecule has 1 aliphatic rings. The highest BCUT2D eigenvalue weighted by atomic mass is 19.1. The van der Waals surface area contributed by atoms with Crippen LogP contribution in [0.5, 0.6) is 0 Å². The molecule has 1 heterocycles. The summed E-state index contributed by atoms with van der Waals surface area (Å²) in [6, 6.07) is 6.50. The quantitative estimate of drug-likeness (QED) is 0.885. The van der Waals surface area contributed by atoms with Gasteiger partial charge < -0.3 is 10.2 Å². The van der Waals surface area contributed by atoms with Gasteiger partial charge in [0.25, 0.3) is 0 Å². The first-order chi connectivity index (χ1) is 10.0. The molecule has 0 saturated carbocycles. The normalized spacial score (nSPS) is 25.0. The number of benzene rings is 1. The van der Waals surface area contributed by atoms with E-state index in [1.807, 2.05) is 26.1 Å². The molecule has 2 nitrogen and oxygen atoms in total. The SMILES string of the molecule is CNC(CCN1CC(C)CCC1C)c1ccc(C)c(F)c1. The first-order valence-corrected chi connectivity index (χ1v) is 8.18. The Labute approximate surface area is 128 Å². The lowest BCUT2D eigenvalue weighted by Gasteiger charge is -2.37. The fourth-order valence-electron chi connectivity index (χ4n) is 3.29. The summed E-state index contributed by atoms with van der Waals surface area (Å²) in [5, 5.41) is 3.34. The van der Waals surface area contributed by atoms with Crippen molar-refractivity contribution in [1.82, 2.24) is 10.2 Å². The van der Waals surface area contributed by atoms with Crippen LogP contribution in [0.1, 0.15) is 50.3 Å². The van der Waals surface area contributed by atoms with E-state index >= 15 is 0 Å². The Morgan fingerprint density at radius 2 is 2.10 bits per heavy atom. The highest BCUT2D eigenvalue weighted by Crippen LogP contribution is 2.24. The molecule has 0 amide bonds. The molecule has 1 saturated heterocycles. The lowest BCUT2D eigenvalue weighted by Crippen LogP contribution is -2.42. The van der Waals surface area contributed by atoms with E-state index in [-0.39, 0.29) is 11.9 Å². The minimum absolute atomic E-state index is 0.104. The van der Waals surface area contributed by atoms with Crippen molar-refractivity contribution in [2.24, 2.45) is 5.92 Å². The van der Waals surface area contributed by atoms with Crippen molar-refractivity contribution in [2.75, 3.05) is 20.1 Å². The van der Waals surface area contributed by atoms with E-state index in [9.17, 15) is 4.39 Å². The molecule has 0 aromatic heterocycles. The van der Waals surface area contributed by atoms with Crippen LogP contribution in [0.3, 0.4) is 0 Å². The third-order valence-corrected chi connectivity index (χ3v) is 4.90. The summed E-state index contributed by atoms with van der Waals surface area (Å²) in [5.74, 6) is 0.693. The van der Waals surface area contributed by atoms with Gasteiger partial charge in [-0.25, -0.2) is 4.39 Å². The van der Waals surface area contributed by atoms with Crippen LogP contribution >= 0.6 is 0 Å². The third-order valence-electron chi connectivity index (χ3n) is 4.90. The zero-order valence-corrected chi connectivity index (χ0v) is 13.8. The second-order valence-electron chi connectivity index (χ2n) is 6.67. The molecule has 1 aromatic carbocycles.